The van der Waals surface area contributed by atoms with Crippen molar-refractivity contribution in [2.45, 2.75) is 31.7 Å². The topological polar surface area (TPSA) is 67.2 Å². The van der Waals surface area contributed by atoms with E-state index in [1.165, 1.54) is 12.8 Å². The lowest BCUT2D eigenvalue weighted by Gasteiger charge is -2.30. The highest BCUT2D eigenvalue weighted by Gasteiger charge is 2.45. The van der Waals surface area contributed by atoms with Gasteiger partial charge in [0.05, 0.1) is 0 Å². The van der Waals surface area contributed by atoms with Crippen LogP contribution in [0.4, 0.5) is 5.82 Å². The molecule has 7 nitrogen and oxygen atoms in total. The Kier molecular flexibility index (Phi) is 4.61. The zero-order chi connectivity index (χ0) is 18.1. The Labute approximate surface area is 154 Å². The molecule has 0 N–H and O–H groups in total. The van der Waals surface area contributed by atoms with Gasteiger partial charge in [0.15, 0.2) is 5.82 Å². The van der Waals surface area contributed by atoms with Gasteiger partial charge in [-0.25, -0.2) is 0 Å². The molecule has 2 aromatic heterocycles. The number of carbonyl (C=O) groups is 1. The highest BCUT2D eigenvalue weighted by atomic mass is 16.2. The van der Waals surface area contributed by atoms with Crippen molar-refractivity contribution < 1.29 is 4.79 Å². The van der Waals surface area contributed by atoms with Crippen LogP contribution in [0.1, 0.15) is 25.0 Å². The van der Waals surface area contributed by atoms with E-state index in [1.807, 2.05) is 29.9 Å². The zero-order valence-corrected chi connectivity index (χ0v) is 15.5. The number of amides is 1. The molecule has 1 aliphatic heterocycles. The van der Waals surface area contributed by atoms with E-state index < -0.39 is 0 Å². The molecule has 7 heteroatoms. The van der Waals surface area contributed by atoms with Crippen LogP contribution in [0, 0.1) is 11.8 Å². The number of anilines is 1. The molecule has 0 spiro atoms. The molecule has 0 bridgehead atoms. The number of likely N-dealkylation sites (tertiary alicyclic amines) is 1. The van der Waals surface area contributed by atoms with E-state index in [2.05, 4.69) is 32.1 Å². The lowest BCUT2D eigenvalue weighted by atomic mass is 9.97. The molecule has 2 aromatic rings. The van der Waals surface area contributed by atoms with E-state index in [1.54, 1.807) is 12.4 Å². The van der Waals surface area contributed by atoms with Gasteiger partial charge in [-0.15, -0.1) is 5.10 Å². The normalized spacial score (nSPS) is 24.7. The van der Waals surface area contributed by atoms with Crippen molar-refractivity contribution in [2.24, 2.45) is 18.9 Å². The maximum atomic E-state index is 12.7. The minimum absolute atomic E-state index is 0.265. The van der Waals surface area contributed by atoms with Crippen molar-refractivity contribution in [1.82, 2.24) is 24.9 Å². The lowest BCUT2D eigenvalue weighted by Crippen LogP contribution is -2.39. The summed E-state index contributed by atoms with van der Waals surface area (Å²) in [6, 6.07) is 6.35. The second-order valence-corrected chi connectivity index (χ2v) is 7.51. The summed E-state index contributed by atoms with van der Waals surface area (Å²) in [5.41, 5.74) is 1.11. The molecule has 1 saturated carbocycles. The molecule has 26 heavy (non-hydrogen) atoms. The maximum Gasteiger partial charge on any atom is 0.222 e. The fraction of sp³-hybridized carbons (Fsp3) is 0.579. The Morgan fingerprint density at radius 3 is 2.88 bits per heavy atom. The highest BCUT2D eigenvalue weighted by molar-refractivity contribution is 5.76. The van der Waals surface area contributed by atoms with Crippen LogP contribution < -0.4 is 4.90 Å². The molecular formula is C19H26N6O. The van der Waals surface area contributed by atoms with Gasteiger partial charge in [-0.1, -0.05) is 0 Å². The number of aryl methyl sites for hydroxylation is 2. The van der Waals surface area contributed by atoms with E-state index in [-0.39, 0.29) is 5.91 Å². The monoisotopic (exact) mass is 354 g/mol. The molecule has 2 aliphatic rings. The number of fused-ring (bicyclic) bond motifs is 1. The summed E-state index contributed by atoms with van der Waals surface area (Å²) in [4.78, 5) is 17.0. The predicted molar refractivity (Wildman–Crippen MR) is 98.5 cm³/mol. The molecule has 3 atom stereocenters. The molecular weight excluding hydrogens is 328 g/mol. The number of nitrogens with zero attached hydrogens (tertiary/aromatic N) is 6. The van der Waals surface area contributed by atoms with E-state index >= 15 is 0 Å². The van der Waals surface area contributed by atoms with Gasteiger partial charge in [-0.2, -0.15) is 10.2 Å². The van der Waals surface area contributed by atoms with Crippen molar-refractivity contribution >= 4 is 11.7 Å². The van der Waals surface area contributed by atoms with Crippen LogP contribution in [0.3, 0.4) is 0 Å². The number of hydrogen-bond acceptors (Lipinski definition) is 5. The molecule has 4 rings (SSSR count). The van der Waals surface area contributed by atoms with Gasteiger partial charge >= 0.3 is 0 Å². The molecule has 2 fully saturated rings. The van der Waals surface area contributed by atoms with Gasteiger partial charge in [-0.3, -0.25) is 9.48 Å². The Morgan fingerprint density at radius 2 is 2.15 bits per heavy atom. The third-order valence-electron chi connectivity index (χ3n) is 6.11. The first kappa shape index (κ1) is 17.0. The Morgan fingerprint density at radius 1 is 1.27 bits per heavy atom. The predicted octanol–water partition coefficient (Wildman–Crippen LogP) is 1.52. The molecule has 138 valence electrons. The van der Waals surface area contributed by atoms with Crippen molar-refractivity contribution in [1.29, 1.82) is 0 Å². The highest BCUT2D eigenvalue weighted by Crippen LogP contribution is 2.41. The van der Waals surface area contributed by atoms with Crippen molar-refractivity contribution in [3.8, 4) is 0 Å². The van der Waals surface area contributed by atoms with Gasteiger partial charge in [0.1, 0.15) is 0 Å². The summed E-state index contributed by atoms with van der Waals surface area (Å²) in [5.74, 6) is 2.32. The first-order valence-corrected chi connectivity index (χ1v) is 9.38. The first-order valence-electron chi connectivity index (χ1n) is 9.38. The van der Waals surface area contributed by atoms with E-state index in [0.29, 0.717) is 24.3 Å². The van der Waals surface area contributed by atoms with Crippen LogP contribution in [0.5, 0.6) is 0 Å². The third-order valence-corrected chi connectivity index (χ3v) is 6.11. The number of hydrogen-bond donors (Lipinski definition) is 0. The van der Waals surface area contributed by atoms with Crippen LogP contribution in [0.15, 0.2) is 30.6 Å². The second kappa shape index (κ2) is 7.05. The summed E-state index contributed by atoms with van der Waals surface area (Å²) in [6.07, 6.45) is 7.15. The fourth-order valence-electron chi connectivity index (χ4n) is 4.61. The SMILES string of the molecule is CN(c1cccnn1)[C@@H]1CC[C@@H]2CN(C(=O)CCc3ccnn3C)C[C@@H]21. The first-order chi connectivity index (χ1) is 12.6. The quantitative estimate of drug-likeness (QED) is 0.814. The minimum Gasteiger partial charge on any atom is -0.355 e. The van der Waals surface area contributed by atoms with Crippen LogP contribution in [0.25, 0.3) is 0 Å². The van der Waals surface area contributed by atoms with Crippen LogP contribution in [0.2, 0.25) is 0 Å². The maximum absolute atomic E-state index is 12.7. The van der Waals surface area contributed by atoms with E-state index in [4.69, 9.17) is 0 Å². The molecule has 3 heterocycles. The average Bonchev–Trinajstić information content (AvgIpc) is 3.35. The minimum atomic E-state index is 0.265. The van der Waals surface area contributed by atoms with Crippen LogP contribution in [-0.4, -0.2) is 57.0 Å². The van der Waals surface area contributed by atoms with Gasteiger partial charge in [-0.05, 0) is 43.4 Å². The summed E-state index contributed by atoms with van der Waals surface area (Å²) in [6.45, 7) is 1.77. The molecule has 1 amide bonds. The summed E-state index contributed by atoms with van der Waals surface area (Å²) in [7, 11) is 4.02. The summed E-state index contributed by atoms with van der Waals surface area (Å²) in [5, 5.41) is 12.4. The summed E-state index contributed by atoms with van der Waals surface area (Å²) < 4.78 is 1.85. The Bertz CT molecular complexity index is 760. The smallest absolute Gasteiger partial charge is 0.222 e. The Balaban J connectivity index is 1.36. The van der Waals surface area contributed by atoms with E-state index in [9.17, 15) is 4.79 Å². The van der Waals surface area contributed by atoms with Gasteiger partial charge < -0.3 is 9.80 Å². The molecule has 1 aliphatic carbocycles. The van der Waals surface area contributed by atoms with Crippen LogP contribution in [-0.2, 0) is 18.3 Å². The largest absolute Gasteiger partial charge is 0.355 e. The van der Waals surface area contributed by atoms with Gasteiger partial charge in [0.2, 0.25) is 5.91 Å². The standard InChI is InChI=1S/C19H26N6O/c1-23(18-4-3-10-20-22-18)17-7-5-14-12-25(13-16(14)17)19(26)8-6-15-9-11-21-24(15)2/h3-4,9-11,14,16-17H,5-8,12-13H2,1-2H3/t14-,16+,17-/m1/s1. The fourth-order valence-corrected chi connectivity index (χ4v) is 4.61. The molecule has 0 unspecified atom stereocenters. The van der Waals surface area contributed by atoms with Gasteiger partial charge in [0.25, 0.3) is 0 Å². The van der Waals surface area contributed by atoms with Crippen molar-refractivity contribution in [2.75, 3.05) is 25.0 Å². The van der Waals surface area contributed by atoms with Gasteiger partial charge in [0, 0.05) is 63.7 Å². The average molecular weight is 354 g/mol. The van der Waals surface area contributed by atoms with E-state index in [0.717, 1.165) is 31.0 Å². The number of carbonyl (C=O) groups excluding carboxylic acids is 1. The lowest BCUT2D eigenvalue weighted by molar-refractivity contribution is -0.130. The van der Waals surface area contributed by atoms with Crippen molar-refractivity contribution in [3.63, 3.8) is 0 Å². The number of aromatic nitrogens is 4. The second-order valence-electron chi connectivity index (χ2n) is 7.51. The zero-order valence-electron chi connectivity index (χ0n) is 15.5. The van der Waals surface area contributed by atoms with Crippen molar-refractivity contribution in [3.05, 3.63) is 36.3 Å². The number of rotatable bonds is 5. The Hall–Kier alpha value is -2.44. The molecule has 1 saturated heterocycles. The third kappa shape index (κ3) is 3.18. The molecule has 0 aromatic carbocycles. The summed E-state index contributed by atoms with van der Waals surface area (Å²) >= 11 is 0. The molecule has 0 radical (unpaired) electrons. The van der Waals surface area contributed by atoms with Crippen LogP contribution >= 0.6 is 0 Å².